The fraction of sp³-hybridized carbons (Fsp3) is 0.875. The molecule has 0 aromatic rings. The monoisotopic (exact) mass is 224 g/mol. The first-order valence-corrected chi connectivity index (χ1v) is 7.46. The van der Waals surface area contributed by atoms with Crippen LogP contribution in [0.2, 0.25) is 0 Å². The van der Waals surface area contributed by atoms with Gasteiger partial charge in [-0.05, 0) is 25.2 Å². The quantitative estimate of drug-likeness (QED) is 0.293. The summed E-state index contributed by atoms with van der Waals surface area (Å²) in [4.78, 5) is 0. The molecule has 1 unspecified atom stereocenters. The molecule has 0 spiro atoms. The van der Waals surface area contributed by atoms with Gasteiger partial charge in [0.1, 0.15) is 0 Å². The van der Waals surface area contributed by atoms with Gasteiger partial charge >= 0.3 is 0 Å². The molecule has 0 bridgehead atoms. The van der Waals surface area contributed by atoms with Crippen LogP contribution in [0, 0.1) is 5.92 Å². The van der Waals surface area contributed by atoms with Gasteiger partial charge in [-0.15, -0.1) is 0 Å². The number of allylic oxidation sites excluding steroid dienone is 2. The molecule has 0 heterocycles. The van der Waals surface area contributed by atoms with Crippen LogP contribution < -0.4 is 0 Å². The molecule has 16 heavy (non-hydrogen) atoms. The SMILES string of the molecule is CC/C=C/CCCCCCC(C)CCCC. The molecular weight excluding hydrogens is 192 g/mol. The molecule has 0 amide bonds. The molecule has 0 aromatic heterocycles. The minimum absolute atomic E-state index is 0.958. The first-order valence-electron chi connectivity index (χ1n) is 7.46. The smallest absolute Gasteiger partial charge is 0.0351 e. The van der Waals surface area contributed by atoms with Gasteiger partial charge in [-0.1, -0.05) is 77.9 Å². The van der Waals surface area contributed by atoms with Crippen LogP contribution in [0.1, 0.15) is 85.0 Å². The summed E-state index contributed by atoms with van der Waals surface area (Å²) in [5.74, 6) is 0.958. The molecule has 0 N–H and O–H groups in total. The summed E-state index contributed by atoms with van der Waals surface area (Å²) in [5, 5.41) is 0. The maximum Gasteiger partial charge on any atom is -0.0351 e. The maximum absolute atomic E-state index is 2.42. The van der Waals surface area contributed by atoms with Gasteiger partial charge < -0.3 is 0 Å². The summed E-state index contributed by atoms with van der Waals surface area (Å²) in [6, 6.07) is 0. The molecular formula is C16H32. The molecule has 0 heteroatoms. The van der Waals surface area contributed by atoms with Gasteiger partial charge in [-0.25, -0.2) is 0 Å². The lowest BCUT2D eigenvalue weighted by Crippen LogP contribution is -1.94. The molecule has 0 nitrogen and oxygen atoms in total. The van der Waals surface area contributed by atoms with E-state index in [1.165, 1.54) is 64.2 Å². The Hall–Kier alpha value is -0.260. The third-order valence-corrected chi connectivity index (χ3v) is 3.27. The first-order chi connectivity index (χ1) is 7.81. The third kappa shape index (κ3) is 11.8. The summed E-state index contributed by atoms with van der Waals surface area (Å²) in [7, 11) is 0. The molecule has 0 saturated carbocycles. The van der Waals surface area contributed by atoms with Crippen molar-refractivity contribution in [3.05, 3.63) is 12.2 Å². The van der Waals surface area contributed by atoms with Crippen molar-refractivity contribution in [3.8, 4) is 0 Å². The van der Waals surface area contributed by atoms with E-state index in [0.717, 1.165) is 5.92 Å². The summed E-state index contributed by atoms with van der Waals surface area (Å²) in [6.45, 7) is 6.91. The zero-order chi connectivity index (χ0) is 12.1. The Morgan fingerprint density at radius 2 is 1.50 bits per heavy atom. The van der Waals surface area contributed by atoms with E-state index < -0.39 is 0 Å². The maximum atomic E-state index is 2.42. The molecule has 0 rings (SSSR count). The van der Waals surface area contributed by atoms with E-state index in [-0.39, 0.29) is 0 Å². The minimum Gasteiger partial charge on any atom is -0.0888 e. The van der Waals surface area contributed by atoms with Crippen molar-refractivity contribution in [2.75, 3.05) is 0 Å². The van der Waals surface area contributed by atoms with E-state index in [9.17, 15) is 0 Å². The minimum atomic E-state index is 0.958. The van der Waals surface area contributed by atoms with Crippen LogP contribution in [0.25, 0.3) is 0 Å². The molecule has 0 fully saturated rings. The van der Waals surface area contributed by atoms with Gasteiger partial charge in [0.2, 0.25) is 0 Å². The zero-order valence-corrected chi connectivity index (χ0v) is 11.8. The van der Waals surface area contributed by atoms with Crippen molar-refractivity contribution in [2.45, 2.75) is 85.0 Å². The number of unbranched alkanes of at least 4 members (excludes halogenated alkanes) is 5. The first kappa shape index (κ1) is 15.7. The van der Waals surface area contributed by atoms with Crippen molar-refractivity contribution in [2.24, 2.45) is 5.92 Å². The highest BCUT2D eigenvalue weighted by molar-refractivity contribution is 4.79. The van der Waals surface area contributed by atoms with Crippen LogP contribution in [0.5, 0.6) is 0 Å². The average molecular weight is 224 g/mol. The molecule has 0 aliphatic rings. The van der Waals surface area contributed by atoms with E-state index in [2.05, 4.69) is 32.9 Å². The summed E-state index contributed by atoms with van der Waals surface area (Å²) in [5.41, 5.74) is 0. The van der Waals surface area contributed by atoms with Gasteiger partial charge in [-0.3, -0.25) is 0 Å². The Labute approximate surface area is 104 Å². The molecule has 0 saturated heterocycles. The van der Waals surface area contributed by atoms with Crippen LogP contribution in [-0.4, -0.2) is 0 Å². The Morgan fingerprint density at radius 3 is 2.19 bits per heavy atom. The average Bonchev–Trinajstić information content (AvgIpc) is 2.30. The highest BCUT2D eigenvalue weighted by Crippen LogP contribution is 2.16. The third-order valence-electron chi connectivity index (χ3n) is 3.27. The van der Waals surface area contributed by atoms with Crippen molar-refractivity contribution >= 4 is 0 Å². The topological polar surface area (TPSA) is 0 Å². The van der Waals surface area contributed by atoms with Gasteiger partial charge in [-0.2, -0.15) is 0 Å². The van der Waals surface area contributed by atoms with Gasteiger partial charge in [0.05, 0.1) is 0 Å². The van der Waals surface area contributed by atoms with Gasteiger partial charge in [0, 0.05) is 0 Å². The van der Waals surface area contributed by atoms with Crippen molar-refractivity contribution in [3.63, 3.8) is 0 Å². The highest BCUT2D eigenvalue weighted by atomic mass is 14.1. The second-order valence-electron chi connectivity index (χ2n) is 5.12. The fourth-order valence-electron chi connectivity index (χ4n) is 2.09. The molecule has 96 valence electrons. The Kier molecular flexibility index (Phi) is 12.6. The largest absolute Gasteiger partial charge is 0.0888 e. The normalized spacial score (nSPS) is 13.4. The van der Waals surface area contributed by atoms with E-state index in [1.54, 1.807) is 0 Å². The second-order valence-corrected chi connectivity index (χ2v) is 5.12. The Morgan fingerprint density at radius 1 is 0.812 bits per heavy atom. The predicted octanol–water partition coefficient (Wildman–Crippen LogP) is 6.12. The fourth-order valence-corrected chi connectivity index (χ4v) is 2.09. The zero-order valence-electron chi connectivity index (χ0n) is 11.8. The predicted molar refractivity (Wildman–Crippen MR) is 75.8 cm³/mol. The lowest BCUT2D eigenvalue weighted by molar-refractivity contribution is 0.443. The number of rotatable bonds is 11. The van der Waals surface area contributed by atoms with Crippen molar-refractivity contribution in [1.29, 1.82) is 0 Å². The van der Waals surface area contributed by atoms with Crippen LogP contribution >= 0.6 is 0 Å². The van der Waals surface area contributed by atoms with E-state index >= 15 is 0 Å². The van der Waals surface area contributed by atoms with Crippen molar-refractivity contribution in [1.82, 2.24) is 0 Å². The van der Waals surface area contributed by atoms with Crippen LogP contribution in [0.4, 0.5) is 0 Å². The van der Waals surface area contributed by atoms with Gasteiger partial charge in [0.15, 0.2) is 0 Å². The van der Waals surface area contributed by atoms with E-state index in [1.807, 2.05) is 0 Å². The number of hydrogen-bond donors (Lipinski definition) is 0. The lowest BCUT2D eigenvalue weighted by atomic mass is 9.97. The lowest BCUT2D eigenvalue weighted by Gasteiger charge is -2.09. The van der Waals surface area contributed by atoms with Crippen LogP contribution in [-0.2, 0) is 0 Å². The number of hydrogen-bond acceptors (Lipinski definition) is 0. The Bertz CT molecular complexity index is 146. The molecule has 0 aliphatic heterocycles. The van der Waals surface area contributed by atoms with Crippen LogP contribution in [0.15, 0.2) is 12.2 Å². The molecule has 0 radical (unpaired) electrons. The summed E-state index contributed by atoms with van der Waals surface area (Å²) >= 11 is 0. The second kappa shape index (κ2) is 12.8. The standard InChI is InChI=1S/C16H32/c1-4-6-8-9-10-11-12-13-15-16(3)14-7-5-2/h6,8,16H,4-5,7,9-15H2,1-3H3/b8-6+. The summed E-state index contributed by atoms with van der Waals surface area (Å²) < 4.78 is 0. The van der Waals surface area contributed by atoms with Crippen LogP contribution in [0.3, 0.4) is 0 Å². The molecule has 1 atom stereocenters. The molecule has 0 aliphatic carbocycles. The van der Waals surface area contributed by atoms with E-state index in [0.29, 0.717) is 0 Å². The highest BCUT2D eigenvalue weighted by Gasteiger charge is 2.00. The van der Waals surface area contributed by atoms with Crippen molar-refractivity contribution < 1.29 is 0 Å². The van der Waals surface area contributed by atoms with Gasteiger partial charge in [0.25, 0.3) is 0 Å². The van der Waals surface area contributed by atoms with E-state index in [4.69, 9.17) is 0 Å². The summed E-state index contributed by atoms with van der Waals surface area (Å²) in [6.07, 6.45) is 18.5. The molecule has 0 aromatic carbocycles. The Balaban J connectivity index is 3.11.